The van der Waals surface area contributed by atoms with Gasteiger partial charge in [-0.3, -0.25) is 4.99 Å². The Balaban J connectivity index is 2.42. The first kappa shape index (κ1) is 12.9. The Kier molecular flexibility index (Phi) is 3.22. The van der Waals surface area contributed by atoms with Gasteiger partial charge in [0.05, 0.1) is 19.1 Å². The number of fused-ring (bicyclic) bond motifs is 2. The second-order valence-corrected chi connectivity index (χ2v) is 6.87. The molecule has 1 heterocycles. The van der Waals surface area contributed by atoms with Crippen molar-refractivity contribution in [2.24, 2.45) is 4.99 Å². The molecule has 0 aromatic heterocycles. The summed E-state index contributed by atoms with van der Waals surface area (Å²) in [4.78, 5) is 16.7. The second-order valence-electron chi connectivity index (χ2n) is 6.87. The highest BCUT2D eigenvalue weighted by molar-refractivity contribution is 6.07. The number of aryl methyl sites for hydroxylation is 2. The van der Waals surface area contributed by atoms with Crippen LogP contribution in [0.4, 0.5) is 0 Å². The fourth-order valence-corrected chi connectivity index (χ4v) is 3.38. The summed E-state index contributed by atoms with van der Waals surface area (Å²) >= 11 is 0. The Hall–Kier alpha value is -3.40. The van der Waals surface area contributed by atoms with Gasteiger partial charge in [0.25, 0.3) is 0 Å². The summed E-state index contributed by atoms with van der Waals surface area (Å²) < 4.78 is 56.7. The van der Waals surface area contributed by atoms with Crippen molar-refractivity contribution in [3.05, 3.63) is 76.0 Å². The molecule has 0 unspecified atom stereocenters. The number of hydrogen-bond donors (Lipinski definition) is 1. The zero-order chi connectivity index (χ0) is 25.9. The summed E-state index contributed by atoms with van der Waals surface area (Å²) in [6, 6.07) is 0.991. The molecule has 2 aromatic rings. The molecular formula is C25H23NO3. The van der Waals surface area contributed by atoms with Crippen LogP contribution in [0.5, 0.6) is 0 Å². The van der Waals surface area contributed by atoms with Crippen molar-refractivity contribution in [2.75, 3.05) is 6.54 Å². The van der Waals surface area contributed by atoms with E-state index in [9.17, 15) is 9.90 Å². The average Bonchev–Trinajstić information content (AvgIpc) is 2.80. The highest BCUT2D eigenvalue weighted by atomic mass is 16.4. The molecule has 0 saturated carbocycles. The molecule has 146 valence electrons. The highest BCUT2D eigenvalue weighted by Crippen LogP contribution is 2.42. The first-order chi connectivity index (χ1) is 16.4. The molecule has 4 nitrogen and oxygen atoms in total. The smallest absolute Gasteiger partial charge is 0.336 e. The van der Waals surface area contributed by atoms with Gasteiger partial charge in [-0.25, -0.2) is 4.79 Å². The van der Waals surface area contributed by atoms with E-state index in [0.717, 1.165) is 5.56 Å². The summed E-state index contributed by atoms with van der Waals surface area (Å²) in [6.07, 6.45) is 0. The summed E-state index contributed by atoms with van der Waals surface area (Å²) in [5.74, 6) is -1.45. The minimum absolute atomic E-state index is 0.0414. The van der Waals surface area contributed by atoms with Gasteiger partial charge in [-0.1, -0.05) is 18.1 Å². The lowest BCUT2D eigenvalue weighted by atomic mass is 9.89. The van der Waals surface area contributed by atoms with Crippen LogP contribution in [0, 0.1) is 20.8 Å². The Morgan fingerprint density at radius 3 is 2.55 bits per heavy atom. The van der Waals surface area contributed by atoms with Gasteiger partial charge in [0.1, 0.15) is 11.3 Å². The zero-order valence-corrected chi connectivity index (χ0v) is 16.6. The van der Waals surface area contributed by atoms with Crippen molar-refractivity contribution >= 4 is 16.9 Å². The molecule has 0 fully saturated rings. The van der Waals surface area contributed by atoms with Gasteiger partial charge < -0.3 is 9.52 Å². The van der Waals surface area contributed by atoms with E-state index in [-0.39, 0.29) is 34.6 Å². The summed E-state index contributed by atoms with van der Waals surface area (Å²) in [5, 5.41) is 10.7. The molecule has 1 aliphatic carbocycles. The SMILES string of the molecule is [2H]c1c([2H])c([2H])c(-c2c3cc(C)c(=NCC)c([2H])c-3oc3c([2H])c(C)c(C)cc23)c(C(=O)O)c1[2H]. The molecule has 0 amide bonds. The predicted molar refractivity (Wildman–Crippen MR) is 116 cm³/mol. The highest BCUT2D eigenvalue weighted by Gasteiger charge is 2.22. The fraction of sp³-hybridized carbons (Fsp3) is 0.200. The maximum atomic E-state index is 12.3. The third-order valence-corrected chi connectivity index (χ3v) is 4.92. The summed E-state index contributed by atoms with van der Waals surface area (Å²) in [7, 11) is 0. The molecule has 0 bridgehead atoms. The average molecular weight is 391 g/mol. The van der Waals surface area contributed by atoms with E-state index in [1.165, 1.54) is 0 Å². The third-order valence-electron chi connectivity index (χ3n) is 4.92. The van der Waals surface area contributed by atoms with Crippen molar-refractivity contribution in [1.82, 2.24) is 0 Å². The molecule has 1 N–H and O–H groups in total. The lowest BCUT2D eigenvalue weighted by Crippen LogP contribution is -2.09. The third kappa shape index (κ3) is 3.21. The van der Waals surface area contributed by atoms with E-state index < -0.39 is 35.7 Å². The Labute approximate surface area is 177 Å². The number of carboxylic acid groups (broad SMARTS) is 1. The Morgan fingerprint density at radius 2 is 1.83 bits per heavy atom. The van der Waals surface area contributed by atoms with Gasteiger partial charge in [0, 0.05) is 29.1 Å². The monoisotopic (exact) mass is 391 g/mol. The summed E-state index contributed by atoms with van der Waals surface area (Å²) in [5.41, 5.74) is 1.80. The van der Waals surface area contributed by atoms with Gasteiger partial charge >= 0.3 is 5.97 Å². The molecule has 0 atom stereocenters. The van der Waals surface area contributed by atoms with Gasteiger partial charge in [0.2, 0.25) is 0 Å². The van der Waals surface area contributed by atoms with Crippen LogP contribution >= 0.6 is 0 Å². The first-order valence-corrected chi connectivity index (χ1v) is 9.24. The first-order valence-electron chi connectivity index (χ1n) is 12.2. The minimum atomic E-state index is -1.51. The van der Waals surface area contributed by atoms with Crippen LogP contribution in [0.25, 0.3) is 33.4 Å². The predicted octanol–water partition coefficient (Wildman–Crippen LogP) is 5.75. The van der Waals surface area contributed by atoms with Crippen LogP contribution in [0.3, 0.4) is 0 Å². The second kappa shape index (κ2) is 7.21. The van der Waals surface area contributed by atoms with Crippen LogP contribution in [0.1, 0.15) is 42.2 Å². The number of carboxylic acids is 1. The van der Waals surface area contributed by atoms with E-state index in [2.05, 4.69) is 4.99 Å². The largest absolute Gasteiger partial charge is 0.478 e. The van der Waals surface area contributed by atoms with Gasteiger partial charge in [-0.15, -0.1) is 0 Å². The normalized spacial score (nSPS) is 15.0. The number of hydrogen-bond acceptors (Lipinski definition) is 3. The van der Waals surface area contributed by atoms with E-state index in [0.29, 0.717) is 34.0 Å². The van der Waals surface area contributed by atoms with Crippen molar-refractivity contribution < 1.29 is 22.5 Å². The van der Waals surface area contributed by atoms with Crippen LogP contribution in [0.2, 0.25) is 0 Å². The molecule has 2 aromatic carbocycles. The zero-order valence-electron chi connectivity index (χ0n) is 22.6. The number of nitrogens with zero attached hydrogens (tertiary/aromatic N) is 1. The maximum Gasteiger partial charge on any atom is 0.336 e. The molecule has 29 heavy (non-hydrogen) atoms. The quantitative estimate of drug-likeness (QED) is 0.452. The number of carbonyl (C=O) groups is 1. The van der Waals surface area contributed by atoms with E-state index in [4.69, 9.17) is 12.6 Å². The van der Waals surface area contributed by atoms with Crippen molar-refractivity contribution in [3.8, 4) is 22.5 Å². The topological polar surface area (TPSA) is 62.8 Å². The molecule has 0 radical (unpaired) electrons. The Bertz CT molecular complexity index is 1610. The maximum absolute atomic E-state index is 12.3. The van der Waals surface area contributed by atoms with Crippen LogP contribution in [-0.4, -0.2) is 17.6 Å². The molecule has 0 spiro atoms. The molecule has 0 saturated heterocycles. The van der Waals surface area contributed by atoms with Gasteiger partial charge in [0.15, 0.2) is 0 Å². The molecule has 2 aliphatic rings. The van der Waals surface area contributed by atoms with E-state index >= 15 is 0 Å². The van der Waals surface area contributed by atoms with E-state index in [1.54, 1.807) is 32.9 Å². The Morgan fingerprint density at radius 1 is 1.07 bits per heavy atom. The fourth-order valence-electron chi connectivity index (χ4n) is 3.38. The van der Waals surface area contributed by atoms with Crippen molar-refractivity contribution in [2.45, 2.75) is 27.7 Å². The van der Waals surface area contributed by atoms with E-state index in [1.807, 2.05) is 6.92 Å². The molecule has 4 rings (SSSR count). The van der Waals surface area contributed by atoms with Gasteiger partial charge in [-0.2, -0.15) is 0 Å². The molecule has 1 aliphatic heterocycles. The van der Waals surface area contributed by atoms with Crippen molar-refractivity contribution in [1.29, 1.82) is 0 Å². The molecule has 4 heteroatoms. The summed E-state index contributed by atoms with van der Waals surface area (Å²) in [6.45, 7) is 7.57. The lowest BCUT2D eigenvalue weighted by Gasteiger charge is -2.18. The molecular weight excluding hydrogens is 362 g/mol. The van der Waals surface area contributed by atoms with Crippen molar-refractivity contribution in [3.63, 3.8) is 0 Å². The number of aromatic carboxylic acids is 1. The van der Waals surface area contributed by atoms with Gasteiger partial charge in [-0.05, 0) is 74.2 Å². The van der Waals surface area contributed by atoms with Crippen LogP contribution in [-0.2, 0) is 0 Å². The number of benzene rings is 3. The minimum Gasteiger partial charge on any atom is -0.478 e. The van der Waals surface area contributed by atoms with Crippen LogP contribution < -0.4 is 5.36 Å². The standard InChI is InChI=1S/C25H23NO3/c1-5-26-21-13-23-20(11-16(21)4)24(17-8-6-7-9-18(17)25(27)28)19-10-14(2)15(3)12-22(19)29-23/h6-13H,5H2,1-4H3,(H,27,28)/i6D,7D,8D,9D,12D,13D. The number of rotatable bonds is 3. The van der Waals surface area contributed by atoms with Crippen LogP contribution in [0.15, 0.2) is 57.8 Å². The lowest BCUT2D eigenvalue weighted by molar-refractivity contribution is 0.0697.